The maximum absolute atomic E-state index is 13.2. The Kier molecular flexibility index (Phi) is 5.97. The number of aliphatic hydroxyl groups is 1. The van der Waals surface area contributed by atoms with E-state index in [9.17, 15) is 14.7 Å². The molecule has 6 nitrogen and oxygen atoms in total. The van der Waals surface area contributed by atoms with Crippen LogP contribution in [0.5, 0.6) is 5.75 Å². The van der Waals surface area contributed by atoms with Gasteiger partial charge < -0.3 is 9.84 Å². The van der Waals surface area contributed by atoms with E-state index in [1.165, 1.54) is 4.90 Å². The molecular formula is C25H21ClN2O4. The van der Waals surface area contributed by atoms with Gasteiger partial charge in [0.15, 0.2) is 0 Å². The second kappa shape index (κ2) is 8.85. The van der Waals surface area contributed by atoms with Crippen LogP contribution in [-0.4, -0.2) is 28.4 Å². The third-order valence-electron chi connectivity index (χ3n) is 5.27. The summed E-state index contributed by atoms with van der Waals surface area (Å²) in [6.07, 6.45) is 1.58. The Bertz CT molecular complexity index is 1210. The van der Waals surface area contributed by atoms with Crippen LogP contribution >= 0.6 is 11.6 Å². The van der Waals surface area contributed by atoms with Crippen LogP contribution in [0.15, 0.2) is 72.4 Å². The smallest absolute Gasteiger partial charge is 0.300 e. The first-order valence-electron chi connectivity index (χ1n) is 10.1. The molecular weight excluding hydrogens is 428 g/mol. The zero-order valence-corrected chi connectivity index (χ0v) is 18.3. The molecule has 32 heavy (non-hydrogen) atoms. The summed E-state index contributed by atoms with van der Waals surface area (Å²) in [7, 11) is 0. The van der Waals surface area contributed by atoms with Crippen molar-refractivity contribution in [3.63, 3.8) is 0 Å². The van der Waals surface area contributed by atoms with E-state index in [0.29, 0.717) is 34.3 Å². The molecule has 1 aromatic heterocycles. The van der Waals surface area contributed by atoms with Gasteiger partial charge in [0, 0.05) is 22.5 Å². The van der Waals surface area contributed by atoms with Crippen LogP contribution in [0.1, 0.15) is 29.8 Å². The molecule has 0 bridgehead atoms. The number of nitrogens with zero attached hydrogens (tertiary/aromatic N) is 2. The van der Waals surface area contributed by atoms with Gasteiger partial charge in [-0.3, -0.25) is 19.5 Å². The van der Waals surface area contributed by atoms with E-state index in [1.807, 2.05) is 13.8 Å². The molecule has 0 saturated carbocycles. The minimum absolute atomic E-state index is 0.0211. The molecule has 0 aliphatic carbocycles. The molecule has 7 heteroatoms. The quantitative estimate of drug-likeness (QED) is 0.335. The number of hydrogen-bond acceptors (Lipinski definition) is 5. The zero-order chi connectivity index (χ0) is 22.8. The number of halogens is 1. The van der Waals surface area contributed by atoms with Crippen LogP contribution in [0.4, 0.5) is 5.69 Å². The minimum atomic E-state index is -0.886. The number of carbonyl (C=O) groups excluding carboxylic acids is 2. The third-order valence-corrected chi connectivity index (χ3v) is 5.50. The molecule has 1 fully saturated rings. The van der Waals surface area contributed by atoms with E-state index >= 15 is 0 Å². The summed E-state index contributed by atoms with van der Waals surface area (Å²) in [5, 5.41) is 11.6. The number of rotatable bonds is 5. The SMILES string of the molecule is CCOc1ccc(/C(O)=C2\C(=O)C(=O)N(c3ccc(Cl)cc3C)C2c2ccccn2)cc1. The lowest BCUT2D eigenvalue weighted by molar-refractivity contribution is -0.132. The highest BCUT2D eigenvalue weighted by molar-refractivity contribution is 6.51. The van der Waals surface area contributed by atoms with E-state index in [4.69, 9.17) is 16.3 Å². The molecule has 2 aromatic carbocycles. The lowest BCUT2D eigenvalue weighted by Gasteiger charge is -2.26. The second-order valence-corrected chi connectivity index (χ2v) is 7.75. The molecule has 1 saturated heterocycles. The molecule has 1 N–H and O–H groups in total. The maximum Gasteiger partial charge on any atom is 0.300 e. The van der Waals surface area contributed by atoms with Gasteiger partial charge in [-0.25, -0.2) is 0 Å². The van der Waals surface area contributed by atoms with Gasteiger partial charge in [0.1, 0.15) is 17.6 Å². The van der Waals surface area contributed by atoms with E-state index in [1.54, 1.807) is 66.9 Å². The Hall–Kier alpha value is -3.64. The highest BCUT2D eigenvalue weighted by Gasteiger charge is 2.48. The first-order chi connectivity index (χ1) is 15.4. The number of ketones is 1. The lowest BCUT2D eigenvalue weighted by atomic mass is 9.98. The predicted molar refractivity (Wildman–Crippen MR) is 123 cm³/mol. The van der Waals surface area contributed by atoms with E-state index in [-0.39, 0.29) is 11.3 Å². The van der Waals surface area contributed by atoms with Gasteiger partial charge >= 0.3 is 0 Å². The van der Waals surface area contributed by atoms with Gasteiger partial charge in [-0.05, 0) is 74.0 Å². The summed E-state index contributed by atoms with van der Waals surface area (Å²) in [6, 6.07) is 16.1. The van der Waals surface area contributed by atoms with Gasteiger partial charge in [0.2, 0.25) is 0 Å². The molecule has 2 heterocycles. The molecule has 1 aliphatic heterocycles. The normalized spacial score (nSPS) is 17.6. The number of amides is 1. The number of aryl methyl sites for hydroxylation is 1. The molecule has 1 atom stereocenters. The summed E-state index contributed by atoms with van der Waals surface area (Å²) in [4.78, 5) is 32.1. The average molecular weight is 449 g/mol. The second-order valence-electron chi connectivity index (χ2n) is 7.31. The van der Waals surface area contributed by atoms with Gasteiger partial charge in [-0.1, -0.05) is 17.7 Å². The molecule has 0 spiro atoms. The summed E-state index contributed by atoms with van der Waals surface area (Å²) in [6.45, 7) is 4.19. The Balaban J connectivity index is 1.90. The molecule has 0 radical (unpaired) electrons. The monoisotopic (exact) mass is 448 g/mol. The Morgan fingerprint density at radius 2 is 1.88 bits per heavy atom. The largest absolute Gasteiger partial charge is 0.507 e. The number of aliphatic hydroxyl groups excluding tert-OH is 1. The highest BCUT2D eigenvalue weighted by Crippen LogP contribution is 2.42. The van der Waals surface area contributed by atoms with Gasteiger partial charge in [0.05, 0.1) is 17.9 Å². The maximum atomic E-state index is 13.2. The number of carbonyl (C=O) groups is 2. The molecule has 3 aromatic rings. The number of ether oxygens (including phenoxy) is 1. The number of benzene rings is 2. The fourth-order valence-corrected chi connectivity index (χ4v) is 4.05. The number of Topliss-reactive ketones (excluding diaryl/α,β-unsaturated/α-hetero) is 1. The van der Waals surface area contributed by atoms with Gasteiger partial charge in [0.25, 0.3) is 11.7 Å². The van der Waals surface area contributed by atoms with E-state index < -0.39 is 17.7 Å². The van der Waals surface area contributed by atoms with Crippen LogP contribution in [0.2, 0.25) is 5.02 Å². The van der Waals surface area contributed by atoms with Crippen molar-refractivity contribution >= 4 is 34.7 Å². The first kappa shape index (κ1) is 21.6. The topological polar surface area (TPSA) is 79.7 Å². The zero-order valence-electron chi connectivity index (χ0n) is 17.6. The van der Waals surface area contributed by atoms with E-state index in [0.717, 1.165) is 5.56 Å². The van der Waals surface area contributed by atoms with Crippen molar-refractivity contribution in [1.29, 1.82) is 0 Å². The number of hydrogen-bond donors (Lipinski definition) is 1. The molecule has 1 amide bonds. The Morgan fingerprint density at radius 1 is 1.12 bits per heavy atom. The van der Waals surface area contributed by atoms with Crippen molar-refractivity contribution in [3.8, 4) is 5.75 Å². The van der Waals surface area contributed by atoms with Crippen LogP contribution in [0, 0.1) is 6.92 Å². The average Bonchev–Trinajstić information content (AvgIpc) is 3.05. The summed E-state index contributed by atoms with van der Waals surface area (Å²) < 4.78 is 5.44. The highest BCUT2D eigenvalue weighted by atomic mass is 35.5. The van der Waals surface area contributed by atoms with Crippen molar-refractivity contribution in [1.82, 2.24) is 4.98 Å². The Labute approximate surface area is 190 Å². The number of pyridine rings is 1. The van der Waals surface area contributed by atoms with Crippen molar-refractivity contribution < 1.29 is 19.4 Å². The Morgan fingerprint density at radius 3 is 2.50 bits per heavy atom. The summed E-state index contributed by atoms with van der Waals surface area (Å²) in [5.74, 6) is -1.14. The van der Waals surface area contributed by atoms with Crippen LogP contribution in [0.3, 0.4) is 0 Å². The molecule has 162 valence electrons. The third kappa shape index (κ3) is 3.85. The lowest BCUT2D eigenvalue weighted by Crippen LogP contribution is -2.30. The van der Waals surface area contributed by atoms with Crippen molar-refractivity contribution in [2.75, 3.05) is 11.5 Å². The van der Waals surface area contributed by atoms with Crippen LogP contribution < -0.4 is 9.64 Å². The molecule has 1 aliphatic rings. The van der Waals surface area contributed by atoms with Crippen molar-refractivity contribution in [2.24, 2.45) is 0 Å². The summed E-state index contributed by atoms with van der Waals surface area (Å²) in [5.41, 5.74) is 2.10. The fourth-order valence-electron chi connectivity index (χ4n) is 3.82. The van der Waals surface area contributed by atoms with Crippen LogP contribution in [-0.2, 0) is 9.59 Å². The molecule has 4 rings (SSSR count). The predicted octanol–water partition coefficient (Wildman–Crippen LogP) is 5.07. The van der Waals surface area contributed by atoms with Crippen molar-refractivity contribution in [2.45, 2.75) is 19.9 Å². The van der Waals surface area contributed by atoms with Crippen LogP contribution in [0.25, 0.3) is 5.76 Å². The summed E-state index contributed by atoms with van der Waals surface area (Å²) >= 11 is 6.09. The van der Waals surface area contributed by atoms with Gasteiger partial charge in [-0.15, -0.1) is 0 Å². The minimum Gasteiger partial charge on any atom is -0.507 e. The fraction of sp³-hybridized carbons (Fsp3) is 0.160. The number of aromatic nitrogens is 1. The molecule has 1 unspecified atom stereocenters. The standard InChI is InChI=1S/C25H21ClN2O4/c1-3-32-18-10-7-16(8-11-18)23(29)21-22(19-6-4-5-13-27-19)28(25(31)24(21)30)20-12-9-17(26)14-15(20)2/h4-14,22,29H,3H2,1-2H3/b23-21+. The number of anilines is 1. The van der Waals surface area contributed by atoms with E-state index in [2.05, 4.69) is 4.98 Å². The van der Waals surface area contributed by atoms with Crippen molar-refractivity contribution in [3.05, 3.63) is 94.3 Å². The first-order valence-corrected chi connectivity index (χ1v) is 10.5. The van der Waals surface area contributed by atoms with Gasteiger partial charge in [-0.2, -0.15) is 0 Å².